The van der Waals surface area contributed by atoms with Gasteiger partial charge in [0.25, 0.3) is 0 Å². The average Bonchev–Trinajstić information content (AvgIpc) is 2.48. The molecular weight excluding hydrogens is 240 g/mol. The number of hydroxylamine groups is 1. The van der Waals surface area contributed by atoms with Crippen LogP contribution in [0.25, 0.3) is 0 Å². The highest BCUT2D eigenvalue weighted by Crippen LogP contribution is 2.24. The van der Waals surface area contributed by atoms with Crippen LogP contribution in [-0.2, 0) is 11.2 Å². The van der Waals surface area contributed by atoms with Crippen molar-refractivity contribution in [3.8, 4) is 0 Å². The lowest BCUT2D eigenvalue weighted by Gasteiger charge is -2.30. The molecule has 3 N–H and O–H groups in total. The van der Waals surface area contributed by atoms with Gasteiger partial charge in [-0.3, -0.25) is 10.0 Å². The summed E-state index contributed by atoms with van der Waals surface area (Å²) in [4.78, 5) is 11.6. The molecule has 1 aliphatic heterocycles. The second-order valence-corrected chi connectivity index (χ2v) is 5.21. The van der Waals surface area contributed by atoms with Gasteiger partial charge in [-0.25, -0.2) is 5.48 Å². The summed E-state index contributed by atoms with van der Waals surface area (Å²) >= 11 is 0. The van der Waals surface area contributed by atoms with Gasteiger partial charge in [0, 0.05) is 5.92 Å². The Labute approximate surface area is 114 Å². The molecule has 1 fully saturated rings. The molecule has 1 saturated heterocycles. The maximum Gasteiger partial charge on any atom is 0.246 e. The lowest BCUT2D eigenvalue weighted by Crippen LogP contribution is -2.43. The number of hydrogen-bond acceptors (Lipinski definition) is 3. The lowest BCUT2D eigenvalue weighted by atomic mass is 9.82. The standard InChI is InChI=1S/C15H22N2O2/c18-15(17-19)14-9-10-16-11-13(14)8-4-7-12-5-2-1-3-6-12/h1-3,5-6,13-14,16,19H,4,7-11H2,(H,17,18). The van der Waals surface area contributed by atoms with E-state index < -0.39 is 0 Å². The van der Waals surface area contributed by atoms with Gasteiger partial charge in [-0.1, -0.05) is 30.3 Å². The summed E-state index contributed by atoms with van der Waals surface area (Å²) in [6.45, 7) is 1.72. The molecule has 4 heteroatoms. The second kappa shape index (κ2) is 7.26. The molecule has 0 aromatic heterocycles. The fourth-order valence-corrected chi connectivity index (χ4v) is 2.87. The van der Waals surface area contributed by atoms with Crippen LogP contribution in [-0.4, -0.2) is 24.2 Å². The molecule has 0 radical (unpaired) electrons. The number of carbonyl (C=O) groups is 1. The minimum absolute atomic E-state index is 0.0537. The van der Waals surface area contributed by atoms with E-state index in [9.17, 15) is 4.79 Å². The zero-order valence-corrected chi connectivity index (χ0v) is 11.1. The van der Waals surface area contributed by atoms with Gasteiger partial charge < -0.3 is 5.32 Å². The summed E-state index contributed by atoms with van der Waals surface area (Å²) in [5.41, 5.74) is 3.15. The zero-order valence-electron chi connectivity index (χ0n) is 11.1. The average molecular weight is 262 g/mol. The van der Waals surface area contributed by atoms with E-state index in [1.165, 1.54) is 5.56 Å². The highest BCUT2D eigenvalue weighted by molar-refractivity contribution is 5.77. The molecular formula is C15H22N2O2. The van der Waals surface area contributed by atoms with Gasteiger partial charge in [-0.15, -0.1) is 0 Å². The van der Waals surface area contributed by atoms with Crippen molar-refractivity contribution in [3.63, 3.8) is 0 Å². The van der Waals surface area contributed by atoms with E-state index >= 15 is 0 Å². The van der Waals surface area contributed by atoms with Gasteiger partial charge in [0.2, 0.25) is 5.91 Å². The minimum Gasteiger partial charge on any atom is -0.316 e. The van der Waals surface area contributed by atoms with Crippen molar-refractivity contribution >= 4 is 5.91 Å². The van der Waals surface area contributed by atoms with Crippen LogP contribution >= 0.6 is 0 Å². The zero-order chi connectivity index (χ0) is 13.5. The first-order chi connectivity index (χ1) is 9.31. The van der Waals surface area contributed by atoms with Gasteiger partial charge in [0.05, 0.1) is 0 Å². The van der Waals surface area contributed by atoms with Crippen LogP contribution in [0.4, 0.5) is 0 Å². The van der Waals surface area contributed by atoms with E-state index in [1.54, 1.807) is 5.48 Å². The van der Waals surface area contributed by atoms with Gasteiger partial charge >= 0.3 is 0 Å². The predicted molar refractivity (Wildman–Crippen MR) is 73.8 cm³/mol. The summed E-state index contributed by atoms with van der Waals surface area (Å²) in [5.74, 6) is 0.0397. The third-order valence-electron chi connectivity index (χ3n) is 3.94. The number of aryl methyl sites for hydroxylation is 1. The molecule has 1 aromatic carbocycles. The molecule has 2 rings (SSSR count). The van der Waals surface area contributed by atoms with Crippen LogP contribution in [0.15, 0.2) is 30.3 Å². The fraction of sp³-hybridized carbons (Fsp3) is 0.533. The topological polar surface area (TPSA) is 61.4 Å². The lowest BCUT2D eigenvalue weighted by molar-refractivity contribution is -0.136. The van der Waals surface area contributed by atoms with E-state index in [0.29, 0.717) is 5.92 Å². The number of carbonyl (C=O) groups excluding carboxylic acids is 1. The van der Waals surface area contributed by atoms with Crippen LogP contribution < -0.4 is 10.8 Å². The van der Waals surface area contributed by atoms with Gasteiger partial charge in [0.1, 0.15) is 0 Å². The van der Waals surface area contributed by atoms with E-state index in [2.05, 4.69) is 29.6 Å². The van der Waals surface area contributed by atoms with Crippen LogP contribution in [0, 0.1) is 11.8 Å². The first-order valence-corrected chi connectivity index (χ1v) is 7.00. The highest BCUT2D eigenvalue weighted by Gasteiger charge is 2.30. The summed E-state index contributed by atoms with van der Waals surface area (Å²) in [7, 11) is 0. The van der Waals surface area contributed by atoms with E-state index in [-0.39, 0.29) is 11.8 Å². The Morgan fingerprint density at radius 2 is 2.16 bits per heavy atom. The quantitative estimate of drug-likeness (QED) is 0.559. The SMILES string of the molecule is O=C(NO)C1CCNCC1CCCc1ccccc1. The van der Waals surface area contributed by atoms with Gasteiger partial charge in [-0.05, 0) is 50.3 Å². The molecule has 1 heterocycles. The number of nitrogens with one attached hydrogen (secondary N) is 2. The third-order valence-corrected chi connectivity index (χ3v) is 3.94. The number of rotatable bonds is 5. The Hall–Kier alpha value is -1.39. The Bertz CT molecular complexity index is 394. The molecule has 0 saturated carbocycles. The maximum absolute atomic E-state index is 11.6. The summed E-state index contributed by atoms with van der Waals surface area (Å²) in [6, 6.07) is 10.4. The first kappa shape index (κ1) is 14.0. The van der Waals surface area contributed by atoms with Crippen molar-refractivity contribution in [2.75, 3.05) is 13.1 Å². The van der Waals surface area contributed by atoms with Crippen LogP contribution in [0.2, 0.25) is 0 Å². The van der Waals surface area contributed by atoms with Crippen molar-refractivity contribution in [2.45, 2.75) is 25.7 Å². The number of hydrogen-bond donors (Lipinski definition) is 3. The molecule has 4 nitrogen and oxygen atoms in total. The van der Waals surface area contributed by atoms with Crippen molar-refractivity contribution < 1.29 is 10.0 Å². The molecule has 0 aliphatic carbocycles. The molecule has 0 spiro atoms. The van der Waals surface area contributed by atoms with Crippen LogP contribution in [0.3, 0.4) is 0 Å². The van der Waals surface area contributed by atoms with Crippen LogP contribution in [0.5, 0.6) is 0 Å². The van der Waals surface area contributed by atoms with E-state index in [4.69, 9.17) is 5.21 Å². The molecule has 0 bridgehead atoms. The van der Waals surface area contributed by atoms with Crippen LogP contribution in [0.1, 0.15) is 24.8 Å². The highest BCUT2D eigenvalue weighted by atomic mass is 16.5. The Kier molecular flexibility index (Phi) is 5.36. The monoisotopic (exact) mass is 262 g/mol. The summed E-state index contributed by atoms with van der Waals surface area (Å²) in [5, 5.41) is 12.1. The second-order valence-electron chi connectivity index (χ2n) is 5.21. The van der Waals surface area contributed by atoms with Crippen molar-refractivity contribution in [1.29, 1.82) is 0 Å². The molecule has 19 heavy (non-hydrogen) atoms. The van der Waals surface area contributed by atoms with Crippen molar-refractivity contribution in [1.82, 2.24) is 10.8 Å². The first-order valence-electron chi connectivity index (χ1n) is 7.00. The number of benzene rings is 1. The third kappa shape index (κ3) is 4.04. The van der Waals surface area contributed by atoms with Crippen molar-refractivity contribution in [2.24, 2.45) is 11.8 Å². The minimum atomic E-state index is -0.230. The Balaban J connectivity index is 1.81. The molecule has 2 unspecified atom stereocenters. The normalized spacial score (nSPS) is 23.0. The predicted octanol–water partition coefficient (Wildman–Crippen LogP) is 1.74. The van der Waals surface area contributed by atoms with Gasteiger partial charge in [0.15, 0.2) is 0 Å². The number of piperidine rings is 1. The summed E-state index contributed by atoms with van der Waals surface area (Å²) in [6.07, 6.45) is 3.94. The Morgan fingerprint density at radius 1 is 1.37 bits per heavy atom. The molecule has 1 aliphatic rings. The van der Waals surface area contributed by atoms with Crippen molar-refractivity contribution in [3.05, 3.63) is 35.9 Å². The molecule has 1 aromatic rings. The largest absolute Gasteiger partial charge is 0.316 e. The molecule has 2 atom stereocenters. The van der Waals surface area contributed by atoms with Gasteiger partial charge in [-0.2, -0.15) is 0 Å². The van der Waals surface area contributed by atoms with E-state index in [0.717, 1.165) is 38.8 Å². The Morgan fingerprint density at radius 3 is 2.89 bits per heavy atom. The number of amides is 1. The molecule has 104 valence electrons. The fourth-order valence-electron chi connectivity index (χ4n) is 2.87. The molecule has 1 amide bonds. The smallest absolute Gasteiger partial charge is 0.246 e. The van der Waals surface area contributed by atoms with E-state index in [1.807, 2.05) is 6.07 Å². The maximum atomic E-state index is 11.6. The summed E-state index contributed by atoms with van der Waals surface area (Å²) < 4.78 is 0.